The molecule has 0 aromatic carbocycles. The third-order valence-corrected chi connectivity index (χ3v) is 6.21. The maximum absolute atomic E-state index is 12.4. The molecule has 1 N–H and O–H groups in total. The van der Waals surface area contributed by atoms with Crippen molar-refractivity contribution in [2.75, 3.05) is 6.54 Å². The van der Waals surface area contributed by atoms with Crippen molar-refractivity contribution in [3.63, 3.8) is 0 Å². The number of rotatable bonds is 5. The number of hydrogen-bond acceptors (Lipinski definition) is 2. The van der Waals surface area contributed by atoms with Gasteiger partial charge < -0.3 is 5.32 Å². The van der Waals surface area contributed by atoms with Gasteiger partial charge in [-0.05, 0) is 31.2 Å². The molecule has 1 aliphatic rings. The van der Waals surface area contributed by atoms with Gasteiger partial charge >= 0.3 is 0 Å². The topological polar surface area (TPSA) is 29.1 Å². The van der Waals surface area contributed by atoms with Crippen LogP contribution in [0.5, 0.6) is 0 Å². The van der Waals surface area contributed by atoms with Gasteiger partial charge in [0.15, 0.2) is 0 Å². The monoisotopic (exact) mass is 245 g/mol. The quantitative estimate of drug-likeness (QED) is 0.807. The van der Waals surface area contributed by atoms with Crippen LogP contribution in [0, 0.1) is 5.41 Å². The molecule has 16 heavy (non-hydrogen) atoms. The molecule has 0 spiro atoms. The average Bonchev–Trinajstić information content (AvgIpc) is 2.54. The van der Waals surface area contributed by atoms with E-state index in [1.165, 1.54) is 6.42 Å². The molecule has 2 nitrogen and oxygen atoms in total. The van der Waals surface area contributed by atoms with E-state index in [9.17, 15) is 4.21 Å². The van der Waals surface area contributed by atoms with Crippen LogP contribution in [0.3, 0.4) is 0 Å². The number of nitrogens with one attached hydrogen (secondary N) is 1. The highest BCUT2D eigenvalue weighted by Crippen LogP contribution is 2.40. The van der Waals surface area contributed by atoms with Crippen molar-refractivity contribution in [3.8, 4) is 0 Å². The fourth-order valence-electron chi connectivity index (χ4n) is 2.68. The van der Waals surface area contributed by atoms with Crippen LogP contribution in [0.15, 0.2) is 0 Å². The summed E-state index contributed by atoms with van der Waals surface area (Å²) in [5.74, 6) is 0. The van der Waals surface area contributed by atoms with Gasteiger partial charge in [0.25, 0.3) is 0 Å². The molecular weight excluding hydrogens is 218 g/mol. The largest absolute Gasteiger partial charge is 0.313 e. The molecule has 1 saturated carbocycles. The number of hydrogen-bond donors (Lipinski definition) is 1. The first kappa shape index (κ1) is 14.2. The predicted octanol–water partition coefficient (Wildman–Crippen LogP) is 2.70. The summed E-state index contributed by atoms with van der Waals surface area (Å²) in [6.45, 7) is 12.0. The maximum Gasteiger partial charge on any atom is 0.0509 e. The highest BCUT2D eigenvalue weighted by Gasteiger charge is 2.44. The molecule has 1 aliphatic carbocycles. The van der Waals surface area contributed by atoms with Crippen LogP contribution in [-0.2, 0) is 10.8 Å². The normalized spacial score (nSPS) is 32.6. The Morgan fingerprint density at radius 1 is 1.44 bits per heavy atom. The molecule has 1 rings (SSSR count). The predicted molar refractivity (Wildman–Crippen MR) is 72.2 cm³/mol. The van der Waals surface area contributed by atoms with Crippen LogP contribution in [-0.4, -0.2) is 27.3 Å². The molecule has 0 saturated heterocycles. The molecule has 0 aliphatic heterocycles. The van der Waals surface area contributed by atoms with E-state index in [0.717, 1.165) is 19.4 Å². The van der Waals surface area contributed by atoms with Crippen LogP contribution < -0.4 is 5.32 Å². The molecule has 3 heteroatoms. The van der Waals surface area contributed by atoms with Gasteiger partial charge in [-0.2, -0.15) is 0 Å². The third kappa shape index (κ3) is 2.86. The Bertz CT molecular complexity index is 252. The summed E-state index contributed by atoms with van der Waals surface area (Å²) in [4.78, 5) is 0. The SMILES string of the molecule is CCNC1C(S(=O)C(C)CC)CCC1(C)C. The Balaban J connectivity index is 2.77. The van der Waals surface area contributed by atoms with E-state index >= 15 is 0 Å². The molecule has 0 radical (unpaired) electrons. The lowest BCUT2D eigenvalue weighted by atomic mass is 9.87. The average molecular weight is 245 g/mol. The van der Waals surface area contributed by atoms with Gasteiger partial charge in [0.2, 0.25) is 0 Å². The smallest absolute Gasteiger partial charge is 0.0509 e. The lowest BCUT2D eigenvalue weighted by Crippen LogP contribution is -2.47. The second kappa shape index (κ2) is 5.63. The zero-order chi connectivity index (χ0) is 12.3. The van der Waals surface area contributed by atoms with Crippen LogP contribution in [0.4, 0.5) is 0 Å². The van der Waals surface area contributed by atoms with Crippen LogP contribution in [0.25, 0.3) is 0 Å². The summed E-state index contributed by atoms with van der Waals surface area (Å²) in [7, 11) is -0.681. The fourth-order valence-corrected chi connectivity index (χ4v) is 4.69. The van der Waals surface area contributed by atoms with E-state index in [0.29, 0.717) is 22.0 Å². The van der Waals surface area contributed by atoms with Crippen molar-refractivity contribution in [3.05, 3.63) is 0 Å². The summed E-state index contributed by atoms with van der Waals surface area (Å²) >= 11 is 0. The molecule has 0 aromatic rings. The summed E-state index contributed by atoms with van der Waals surface area (Å²) in [6, 6.07) is 0.423. The second-order valence-electron chi connectivity index (χ2n) is 5.65. The van der Waals surface area contributed by atoms with Crippen molar-refractivity contribution < 1.29 is 4.21 Å². The van der Waals surface area contributed by atoms with Gasteiger partial charge in [-0.25, -0.2) is 0 Å². The Morgan fingerprint density at radius 2 is 2.06 bits per heavy atom. The summed E-state index contributed by atoms with van der Waals surface area (Å²) < 4.78 is 12.4. The molecule has 4 atom stereocenters. The lowest BCUT2D eigenvalue weighted by Gasteiger charge is -2.32. The van der Waals surface area contributed by atoms with Gasteiger partial charge in [-0.15, -0.1) is 0 Å². The van der Waals surface area contributed by atoms with Crippen molar-refractivity contribution in [2.45, 2.75) is 70.4 Å². The first-order valence-corrected chi connectivity index (χ1v) is 7.84. The molecule has 1 fully saturated rings. The summed E-state index contributed by atoms with van der Waals surface area (Å²) in [6.07, 6.45) is 3.32. The van der Waals surface area contributed by atoms with E-state index in [4.69, 9.17) is 0 Å². The highest BCUT2D eigenvalue weighted by atomic mass is 32.2. The van der Waals surface area contributed by atoms with E-state index in [1.54, 1.807) is 0 Å². The minimum absolute atomic E-state index is 0.295. The molecule has 96 valence electrons. The minimum atomic E-state index is -0.681. The van der Waals surface area contributed by atoms with E-state index in [2.05, 4.69) is 39.9 Å². The van der Waals surface area contributed by atoms with Crippen molar-refractivity contribution in [1.29, 1.82) is 0 Å². The van der Waals surface area contributed by atoms with E-state index < -0.39 is 10.8 Å². The Kier molecular flexibility index (Phi) is 4.99. The van der Waals surface area contributed by atoms with E-state index in [-0.39, 0.29) is 0 Å². The van der Waals surface area contributed by atoms with Gasteiger partial charge in [0.05, 0.1) is 5.25 Å². The summed E-state index contributed by atoms with van der Waals surface area (Å²) in [5, 5.41) is 4.24. The molecular formula is C13H27NOS. The third-order valence-electron chi connectivity index (χ3n) is 3.98. The molecule has 0 bridgehead atoms. The van der Waals surface area contributed by atoms with Gasteiger partial charge in [0, 0.05) is 22.1 Å². The Labute approximate surface area is 103 Å². The lowest BCUT2D eigenvalue weighted by molar-refractivity contribution is 0.289. The van der Waals surface area contributed by atoms with Gasteiger partial charge in [-0.1, -0.05) is 34.6 Å². The molecule has 0 heterocycles. The van der Waals surface area contributed by atoms with Gasteiger partial charge in [-0.3, -0.25) is 4.21 Å². The molecule has 0 amide bonds. The zero-order valence-corrected chi connectivity index (χ0v) is 12.2. The Morgan fingerprint density at radius 3 is 2.56 bits per heavy atom. The fraction of sp³-hybridized carbons (Fsp3) is 1.00. The van der Waals surface area contributed by atoms with Crippen molar-refractivity contribution >= 4 is 10.8 Å². The van der Waals surface area contributed by atoms with Crippen LogP contribution >= 0.6 is 0 Å². The van der Waals surface area contributed by atoms with Crippen LogP contribution in [0.2, 0.25) is 0 Å². The first-order chi connectivity index (χ1) is 7.44. The molecule has 4 unspecified atom stereocenters. The standard InChI is InChI=1S/C13H27NOS/c1-6-10(3)16(15)11-8-9-13(4,5)12(11)14-7-2/h10-12,14H,6-9H2,1-5H3. The van der Waals surface area contributed by atoms with Crippen molar-refractivity contribution in [1.82, 2.24) is 5.32 Å². The van der Waals surface area contributed by atoms with Crippen LogP contribution in [0.1, 0.15) is 53.9 Å². The zero-order valence-electron chi connectivity index (χ0n) is 11.4. The summed E-state index contributed by atoms with van der Waals surface area (Å²) in [5.41, 5.74) is 0.295. The first-order valence-electron chi connectivity index (χ1n) is 6.56. The highest BCUT2D eigenvalue weighted by molar-refractivity contribution is 7.86. The second-order valence-corrected chi connectivity index (χ2v) is 7.72. The minimum Gasteiger partial charge on any atom is -0.313 e. The Hall–Kier alpha value is 0.110. The maximum atomic E-state index is 12.4. The van der Waals surface area contributed by atoms with E-state index in [1.807, 2.05) is 0 Å². The van der Waals surface area contributed by atoms with Gasteiger partial charge in [0.1, 0.15) is 0 Å². The van der Waals surface area contributed by atoms with Crippen molar-refractivity contribution in [2.24, 2.45) is 5.41 Å². The molecule has 0 aromatic heterocycles.